The monoisotopic (exact) mass is 351 g/mol. The van der Waals surface area contributed by atoms with Gasteiger partial charge in [0.15, 0.2) is 0 Å². The van der Waals surface area contributed by atoms with E-state index < -0.39 is 0 Å². The molecular formula is C20H25N5O. The zero-order chi connectivity index (χ0) is 18.1. The quantitative estimate of drug-likeness (QED) is 0.720. The second-order valence-electron chi connectivity index (χ2n) is 7.23. The number of hydrogen-bond acceptors (Lipinski definition) is 5. The summed E-state index contributed by atoms with van der Waals surface area (Å²) in [6.45, 7) is 6.99. The highest BCUT2D eigenvalue weighted by molar-refractivity contribution is 5.66. The topological polar surface area (TPSA) is 60.0 Å². The van der Waals surface area contributed by atoms with Crippen molar-refractivity contribution in [2.75, 3.05) is 13.1 Å². The van der Waals surface area contributed by atoms with Crippen molar-refractivity contribution in [1.82, 2.24) is 24.8 Å². The molecule has 1 saturated heterocycles. The van der Waals surface area contributed by atoms with E-state index in [4.69, 9.17) is 9.51 Å². The molecule has 0 spiro atoms. The standard InChI is InChI=1S/C20H25N5O/c1-14-20(15(2)26-23-14)16-6-7-19(21-11-16)17-5-4-9-25(12-17)13-18-8-10-24(3)22-18/h6-8,10-11,17H,4-5,9,12-13H2,1-3H3/t17-/m0/s1. The zero-order valence-corrected chi connectivity index (χ0v) is 15.6. The number of piperidine rings is 1. The Morgan fingerprint density at radius 2 is 2.12 bits per heavy atom. The molecule has 3 aromatic rings. The molecule has 4 rings (SSSR count). The van der Waals surface area contributed by atoms with Crippen LogP contribution in [0.5, 0.6) is 0 Å². The van der Waals surface area contributed by atoms with Gasteiger partial charge >= 0.3 is 0 Å². The van der Waals surface area contributed by atoms with E-state index >= 15 is 0 Å². The highest BCUT2D eigenvalue weighted by Crippen LogP contribution is 2.30. The molecule has 0 bridgehead atoms. The van der Waals surface area contributed by atoms with E-state index in [1.54, 1.807) is 0 Å². The van der Waals surface area contributed by atoms with E-state index in [9.17, 15) is 0 Å². The van der Waals surface area contributed by atoms with Crippen molar-refractivity contribution in [2.45, 2.75) is 39.2 Å². The summed E-state index contributed by atoms with van der Waals surface area (Å²) >= 11 is 0. The van der Waals surface area contributed by atoms with Crippen LogP contribution in [-0.4, -0.2) is 37.9 Å². The number of aromatic nitrogens is 4. The molecular weight excluding hydrogens is 326 g/mol. The summed E-state index contributed by atoms with van der Waals surface area (Å²) in [5.41, 5.74) is 5.35. The number of hydrogen-bond donors (Lipinski definition) is 0. The summed E-state index contributed by atoms with van der Waals surface area (Å²) in [7, 11) is 1.97. The van der Waals surface area contributed by atoms with Crippen LogP contribution >= 0.6 is 0 Å². The molecule has 0 unspecified atom stereocenters. The number of nitrogens with zero attached hydrogens (tertiary/aromatic N) is 5. The van der Waals surface area contributed by atoms with Gasteiger partial charge in [-0.3, -0.25) is 14.6 Å². The van der Waals surface area contributed by atoms with Crippen LogP contribution in [0.4, 0.5) is 0 Å². The van der Waals surface area contributed by atoms with E-state index in [1.807, 2.05) is 38.0 Å². The molecule has 0 radical (unpaired) electrons. The van der Waals surface area contributed by atoms with Crippen LogP contribution in [0.15, 0.2) is 35.1 Å². The molecule has 1 aliphatic rings. The maximum Gasteiger partial charge on any atom is 0.141 e. The molecule has 6 nitrogen and oxygen atoms in total. The highest BCUT2D eigenvalue weighted by Gasteiger charge is 2.23. The van der Waals surface area contributed by atoms with Gasteiger partial charge in [-0.05, 0) is 45.4 Å². The van der Waals surface area contributed by atoms with Gasteiger partial charge in [-0.15, -0.1) is 0 Å². The van der Waals surface area contributed by atoms with E-state index in [0.29, 0.717) is 5.92 Å². The van der Waals surface area contributed by atoms with E-state index in [-0.39, 0.29) is 0 Å². The first-order valence-electron chi connectivity index (χ1n) is 9.20. The summed E-state index contributed by atoms with van der Waals surface area (Å²) in [6.07, 6.45) is 6.35. The molecule has 1 atom stereocenters. The minimum atomic E-state index is 0.478. The average molecular weight is 351 g/mol. The van der Waals surface area contributed by atoms with E-state index in [1.165, 1.54) is 18.5 Å². The van der Waals surface area contributed by atoms with Gasteiger partial charge < -0.3 is 4.52 Å². The van der Waals surface area contributed by atoms with Gasteiger partial charge in [0.2, 0.25) is 0 Å². The Morgan fingerprint density at radius 1 is 1.23 bits per heavy atom. The molecule has 0 N–H and O–H groups in total. The lowest BCUT2D eigenvalue weighted by Gasteiger charge is -2.32. The van der Waals surface area contributed by atoms with Crippen LogP contribution in [0.2, 0.25) is 0 Å². The molecule has 0 aromatic carbocycles. The van der Waals surface area contributed by atoms with Gasteiger partial charge in [0.05, 0.1) is 11.4 Å². The van der Waals surface area contributed by atoms with Crippen molar-refractivity contribution in [2.24, 2.45) is 7.05 Å². The van der Waals surface area contributed by atoms with Gasteiger partial charge in [-0.1, -0.05) is 11.2 Å². The van der Waals surface area contributed by atoms with Crippen molar-refractivity contribution in [1.29, 1.82) is 0 Å². The average Bonchev–Trinajstić information content (AvgIpc) is 3.20. The van der Waals surface area contributed by atoms with Gasteiger partial charge in [-0.25, -0.2) is 0 Å². The summed E-state index contributed by atoms with van der Waals surface area (Å²) in [6, 6.07) is 6.41. The Hall–Kier alpha value is -2.47. The Bertz CT molecular complexity index is 861. The first-order chi connectivity index (χ1) is 12.6. The minimum Gasteiger partial charge on any atom is -0.361 e. The van der Waals surface area contributed by atoms with Crippen LogP contribution in [0, 0.1) is 13.8 Å². The second-order valence-corrected chi connectivity index (χ2v) is 7.23. The maximum absolute atomic E-state index is 5.28. The SMILES string of the molecule is Cc1noc(C)c1-c1ccc([C@H]2CCCN(Cc3ccn(C)n3)C2)nc1. The lowest BCUT2D eigenvalue weighted by molar-refractivity contribution is 0.196. The van der Waals surface area contributed by atoms with Gasteiger partial charge in [0.25, 0.3) is 0 Å². The fraction of sp³-hybridized carbons (Fsp3) is 0.450. The van der Waals surface area contributed by atoms with Crippen LogP contribution < -0.4 is 0 Å². The fourth-order valence-corrected chi connectivity index (χ4v) is 3.91. The smallest absolute Gasteiger partial charge is 0.141 e. The molecule has 1 aliphatic heterocycles. The van der Waals surface area contributed by atoms with Crippen molar-refractivity contribution in [3.63, 3.8) is 0 Å². The van der Waals surface area contributed by atoms with Crippen LogP contribution in [0.3, 0.4) is 0 Å². The Kier molecular flexibility index (Phi) is 4.59. The molecule has 1 fully saturated rings. The van der Waals surface area contributed by atoms with Crippen molar-refractivity contribution < 1.29 is 4.52 Å². The third-order valence-corrected chi connectivity index (χ3v) is 5.19. The Balaban J connectivity index is 1.47. The number of aryl methyl sites for hydroxylation is 3. The molecule has 136 valence electrons. The predicted molar refractivity (Wildman–Crippen MR) is 99.7 cm³/mol. The predicted octanol–water partition coefficient (Wildman–Crippen LogP) is 3.47. The van der Waals surface area contributed by atoms with E-state index in [2.05, 4.69) is 33.4 Å². The normalized spacial score (nSPS) is 18.3. The molecule has 0 aliphatic carbocycles. The molecule has 0 amide bonds. The third-order valence-electron chi connectivity index (χ3n) is 5.19. The summed E-state index contributed by atoms with van der Waals surface area (Å²) in [4.78, 5) is 7.26. The minimum absolute atomic E-state index is 0.478. The van der Waals surface area contributed by atoms with Gasteiger partial charge in [0, 0.05) is 55.3 Å². The number of pyridine rings is 1. The molecule has 0 saturated carbocycles. The Morgan fingerprint density at radius 3 is 2.77 bits per heavy atom. The number of likely N-dealkylation sites (tertiary alicyclic amines) is 1. The number of rotatable bonds is 4. The lowest BCUT2D eigenvalue weighted by Crippen LogP contribution is -2.34. The van der Waals surface area contributed by atoms with Crippen molar-refractivity contribution in [3.8, 4) is 11.1 Å². The molecule has 6 heteroatoms. The summed E-state index contributed by atoms with van der Waals surface area (Å²) in [5.74, 6) is 1.32. The largest absolute Gasteiger partial charge is 0.361 e. The first kappa shape index (κ1) is 17.0. The second kappa shape index (κ2) is 7.03. The van der Waals surface area contributed by atoms with Gasteiger partial charge in [-0.2, -0.15) is 5.10 Å². The van der Waals surface area contributed by atoms with Gasteiger partial charge in [0.1, 0.15) is 5.76 Å². The molecule has 26 heavy (non-hydrogen) atoms. The van der Waals surface area contributed by atoms with Crippen LogP contribution in [0.1, 0.15) is 41.6 Å². The summed E-state index contributed by atoms with van der Waals surface area (Å²) < 4.78 is 7.14. The highest BCUT2D eigenvalue weighted by atomic mass is 16.5. The van der Waals surface area contributed by atoms with Crippen molar-refractivity contribution >= 4 is 0 Å². The third kappa shape index (κ3) is 3.42. The first-order valence-corrected chi connectivity index (χ1v) is 9.20. The summed E-state index contributed by atoms with van der Waals surface area (Å²) in [5, 5.41) is 8.54. The fourth-order valence-electron chi connectivity index (χ4n) is 3.91. The molecule has 4 heterocycles. The van der Waals surface area contributed by atoms with Crippen molar-refractivity contribution in [3.05, 3.63) is 53.4 Å². The lowest BCUT2D eigenvalue weighted by atomic mass is 9.93. The zero-order valence-electron chi connectivity index (χ0n) is 15.6. The van der Waals surface area contributed by atoms with Crippen LogP contribution in [0.25, 0.3) is 11.1 Å². The van der Waals surface area contributed by atoms with Crippen LogP contribution in [-0.2, 0) is 13.6 Å². The Labute approximate surface area is 153 Å². The molecule has 3 aromatic heterocycles. The van der Waals surface area contributed by atoms with E-state index in [0.717, 1.165) is 47.9 Å². The maximum atomic E-state index is 5.28.